The summed E-state index contributed by atoms with van der Waals surface area (Å²) in [5.74, 6) is -0.770. The topological polar surface area (TPSA) is 340 Å². The van der Waals surface area contributed by atoms with Gasteiger partial charge in [0.05, 0.1) is 105 Å². The molecule has 0 aliphatic carbocycles. The lowest BCUT2D eigenvalue weighted by Crippen LogP contribution is -2.29. The monoisotopic (exact) mass is 2110 g/mol. The maximum atomic E-state index is 13.7. The van der Waals surface area contributed by atoms with Crippen molar-refractivity contribution < 1.29 is 125 Å². The smallest absolute Gasteiger partial charge is 0.343 e. The summed E-state index contributed by atoms with van der Waals surface area (Å²) in [6.07, 6.45) is 6.02. The number of carbonyl (C=O) groups excluding carboxylic acids is 9. The summed E-state index contributed by atoms with van der Waals surface area (Å²) < 4.78 is 165. The fraction of sp³-hybridized carbons (Fsp3) is 0.336. The Kier molecular flexibility index (Phi) is 44.7. The van der Waals surface area contributed by atoms with Gasteiger partial charge >= 0.3 is 23.9 Å². The van der Waals surface area contributed by atoms with E-state index in [2.05, 4.69) is 10.1 Å². The number of fused-ring (bicyclic) bond motifs is 3. The van der Waals surface area contributed by atoms with E-state index in [1.165, 1.54) is 88.6 Å². The second kappa shape index (κ2) is 57.0. The average Bonchev–Trinajstić information content (AvgIpc) is 1.37. The Morgan fingerprint density at radius 3 is 1.23 bits per heavy atom. The van der Waals surface area contributed by atoms with Crippen molar-refractivity contribution in [1.82, 2.24) is 10.1 Å². The number of hydrogen-bond acceptors (Lipinski definition) is 26. The fourth-order valence-corrected chi connectivity index (χ4v) is 21.0. The van der Waals surface area contributed by atoms with E-state index in [-0.39, 0.29) is 131 Å². The second-order valence-corrected chi connectivity index (χ2v) is 39.6. The summed E-state index contributed by atoms with van der Waals surface area (Å²) in [4.78, 5) is 125. The first-order valence-electron chi connectivity index (χ1n) is 46.9. The van der Waals surface area contributed by atoms with Crippen LogP contribution in [-0.2, 0) is 83.2 Å². The van der Waals surface area contributed by atoms with Crippen LogP contribution in [0.2, 0.25) is 0 Å². The highest BCUT2D eigenvalue weighted by molar-refractivity contribution is 8.00. The zero-order valence-corrected chi connectivity index (χ0v) is 86.7. The van der Waals surface area contributed by atoms with Crippen molar-refractivity contribution in [3.63, 3.8) is 0 Å². The van der Waals surface area contributed by atoms with Gasteiger partial charge in [-0.15, -0.1) is 35.3 Å². The summed E-state index contributed by atoms with van der Waals surface area (Å²) in [5, 5.41) is 3.78. The van der Waals surface area contributed by atoms with Crippen LogP contribution in [0.5, 0.6) is 23.0 Å². The Morgan fingerprint density at radius 2 is 0.788 bits per heavy atom. The molecule has 1 atom stereocenters. The number of carbonyl (C=O) groups is 9. The Morgan fingerprint density at radius 1 is 0.418 bits per heavy atom. The van der Waals surface area contributed by atoms with E-state index in [0.717, 1.165) is 106 Å². The first-order valence-corrected chi connectivity index (χ1v) is 52.9. The molecule has 0 saturated heterocycles. The molecule has 28 nitrogen and oxygen atoms in total. The van der Waals surface area contributed by atoms with Crippen LogP contribution >= 0.6 is 35.3 Å². The summed E-state index contributed by atoms with van der Waals surface area (Å²) in [6.45, 7) is 10.8. The van der Waals surface area contributed by atoms with E-state index in [4.69, 9.17) is 42.4 Å². The van der Waals surface area contributed by atoms with Gasteiger partial charge in [-0.1, -0.05) is 35.5 Å². The third kappa shape index (κ3) is 32.8. The molecule has 3 aliphatic rings. The number of aryl methyl sites for hydroxylation is 1. The third-order valence-corrected chi connectivity index (χ3v) is 29.6. The van der Waals surface area contributed by atoms with Crippen molar-refractivity contribution in [1.29, 1.82) is 0 Å². The maximum Gasteiger partial charge on any atom is 0.343 e. The Balaban J connectivity index is 0.000000187. The molecule has 3 aliphatic heterocycles. The molecule has 5 amide bonds. The Hall–Kier alpha value is -13.3. The molecule has 0 saturated carbocycles. The number of thioether (sulfide) groups is 3. The van der Waals surface area contributed by atoms with Crippen molar-refractivity contribution in [3.05, 3.63) is 274 Å². The first-order chi connectivity index (χ1) is 70.1. The molecule has 1 aromatic heterocycles. The van der Waals surface area contributed by atoms with Crippen LogP contribution < -0.4 is 43.4 Å². The zero-order chi connectivity index (χ0) is 106. The number of halogens is 6. The van der Waals surface area contributed by atoms with E-state index in [1.54, 1.807) is 140 Å². The highest BCUT2D eigenvalue weighted by Gasteiger charge is 2.33. The van der Waals surface area contributed by atoms with Crippen LogP contribution in [0.1, 0.15) is 156 Å². The summed E-state index contributed by atoms with van der Waals surface area (Å²) in [7, 11) is 5.74. The number of anilines is 5. The standard InChI is InChI=1S/C22H22FN3O3S.C22H24FNO6S.C22H24FNO5S.C21H24FNO4S.C20H21F2NO3S/c1-14-24-22(29-25-14)18-12-16(23)6-8-20(18)30-11-3-4-21(27)26-10-9-15-5-7-17(28-2)13-19(15)26;1-3-30-22(26)18-13-16(23)7-9-20(18)31(27,28)12-4-5-21(25)24-11-10-15-6-8-17(29-2)14-19(15)24;1-3-29-22(26)18-13-16(23)7-9-20(18)30(27)12-4-5-21(25)24-11-10-15-6-8-17(28-2)14-19(15)24;1-4-27-21(25)18-13-15(22)10-11-19(18)28-12-6-9-20(24)23(2)16-7-5-8-17(14-16)26-3;1-3-26-20(25)17-13-15(22)9-10-18(17)27-11-5-8-19(24)23(2)16-7-4-6-14(21)12-16/h5-8,12-13H,3-4,9-11H2,1-2H3;6-9,13-14H,3-5,10-12H2,1-2H3;6-9,13-14H,3-5,10-12H2,1-2H3;5,7-8,10-11,13-14H,4,6,9,12H2,1-3H3;4,6-7,9-10,12-13H,3,5,8,11H2,1-2H3. The predicted molar refractivity (Wildman–Crippen MR) is 549 cm³/mol. The van der Waals surface area contributed by atoms with Crippen LogP contribution in [0.4, 0.5) is 54.8 Å². The molecule has 14 rings (SSSR count). The number of aromatic nitrogens is 2. The second-order valence-electron chi connectivity index (χ2n) is 32.6. The summed E-state index contributed by atoms with van der Waals surface area (Å²) in [6, 6.07) is 49.2. The van der Waals surface area contributed by atoms with Gasteiger partial charge in [0.1, 0.15) is 69.2 Å². The number of esters is 4. The van der Waals surface area contributed by atoms with E-state index >= 15 is 0 Å². The molecule has 39 heteroatoms. The minimum atomic E-state index is -3.92. The summed E-state index contributed by atoms with van der Waals surface area (Å²) in [5.41, 5.74) is 7.73. The van der Waals surface area contributed by atoms with Gasteiger partial charge < -0.3 is 71.5 Å². The molecule has 4 heterocycles. The van der Waals surface area contributed by atoms with Crippen LogP contribution in [0, 0.1) is 41.8 Å². The van der Waals surface area contributed by atoms with Crippen molar-refractivity contribution in [3.8, 4) is 34.5 Å². The lowest BCUT2D eigenvalue weighted by Gasteiger charge is -2.18. The lowest BCUT2D eigenvalue weighted by molar-refractivity contribution is -0.119. The van der Waals surface area contributed by atoms with Crippen LogP contribution in [0.15, 0.2) is 223 Å². The number of sulfone groups is 1. The Bertz CT molecular complexity index is 6520. The molecule has 0 spiro atoms. The number of hydrogen-bond donors (Lipinski definition) is 0. The number of benzene rings is 10. The van der Waals surface area contributed by atoms with Gasteiger partial charge in [-0.3, -0.25) is 24.0 Å². The van der Waals surface area contributed by atoms with Crippen molar-refractivity contribution in [2.75, 3.05) is 142 Å². The molecule has 0 fully saturated rings. The van der Waals surface area contributed by atoms with Gasteiger partial charge in [0, 0.05) is 123 Å². The average molecular weight is 2110 g/mol. The molecule has 11 aromatic rings. The number of rotatable bonds is 40. The highest BCUT2D eigenvalue weighted by atomic mass is 32.2. The minimum absolute atomic E-state index is 0.0152. The summed E-state index contributed by atoms with van der Waals surface area (Å²) >= 11 is 2.77. The number of methoxy groups -OCH3 is 4. The van der Waals surface area contributed by atoms with Gasteiger partial charge in [0.25, 0.3) is 5.89 Å². The van der Waals surface area contributed by atoms with Crippen molar-refractivity contribution in [2.45, 2.75) is 143 Å². The first kappa shape index (κ1) is 115. The molecular formula is C107H115F6N7O21S5. The highest BCUT2D eigenvalue weighted by Crippen LogP contribution is 2.39. The van der Waals surface area contributed by atoms with E-state index in [1.807, 2.05) is 71.6 Å². The van der Waals surface area contributed by atoms with Gasteiger partial charge in [0.2, 0.25) is 29.5 Å². The quantitative estimate of drug-likeness (QED) is 0.00655. The van der Waals surface area contributed by atoms with Crippen molar-refractivity contribution in [2.24, 2.45) is 0 Å². The van der Waals surface area contributed by atoms with Crippen molar-refractivity contribution >= 4 is 138 Å². The Labute approximate surface area is 860 Å². The number of ether oxygens (including phenoxy) is 8. The fourth-order valence-electron chi connectivity index (χ4n) is 15.4. The predicted octanol–water partition coefficient (Wildman–Crippen LogP) is 20.5. The van der Waals surface area contributed by atoms with Crippen LogP contribution in [0.25, 0.3) is 11.5 Å². The molecule has 0 bridgehead atoms. The van der Waals surface area contributed by atoms with Gasteiger partial charge in [-0.2, -0.15) is 4.98 Å². The largest absolute Gasteiger partial charge is 0.611 e. The SMILES string of the molecule is CCOC(=O)c1cc(F)ccc1S(=O)(=O)CCCC(=O)N1CCc2ccc(OC)cc21.CCOC(=O)c1cc(F)ccc1SCCCC(=O)N(C)c1cccc(F)c1.CCOC(=O)c1cc(F)ccc1SCCCC(=O)N(C)c1cccc(OC)c1.CCOC(=O)c1cc(F)ccc1[S+]([O-])CCCC(=O)N1CCc2ccc(OC)cc21.COc1ccc2c(c1)N(C(=O)CCCSc1ccc(F)cc1-c1nc(C)no1)CC2. The maximum absolute atomic E-state index is 13.7. The van der Waals surface area contributed by atoms with Gasteiger partial charge in [-0.25, -0.2) is 53.9 Å². The minimum Gasteiger partial charge on any atom is -0.611 e. The molecule has 1 unspecified atom stereocenters. The molecule has 0 N–H and O–H groups in total. The van der Waals surface area contributed by atoms with E-state index in [9.17, 15) is 82.5 Å². The molecular weight excluding hydrogens is 1990 g/mol. The number of amides is 5. The molecule has 146 heavy (non-hydrogen) atoms. The van der Waals surface area contributed by atoms with Crippen LogP contribution in [0.3, 0.4) is 0 Å². The van der Waals surface area contributed by atoms with Gasteiger partial charge in [-0.05, 0) is 264 Å². The van der Waals surface area contributed by atoms with E-state index < -0.39 is 74.0 Å². The lowest BCUT2D eigenvalue weighted by atomic mass is 10.1. The van der Waals surface area contributed by atoms with Crippen LogP contribution in [-0.4, -0.2) is 194 Å². The molecule has 10 aromatic carbocycles. The number of nitrogens with zero attached hydrogens (tertiary/aromatic N) is 7. The zero-order valence-electron chi connectivity index (χ0n) is 82.7. The molecule has 0 radical (unpaired) electrons. The normalized spacial score (nSPS) is 12.2. The molecule has 776 valence electrons. The third-order valence-electron chi connectivity index (χ3n) is 22.8. The van der Waals surface area contributed by atoms with Gasteiger partial charge in [0.15, 0.2) is 20.6 Å². The van der Waals surface area contributed by atoms with E-state index in [0.29, 0.717) is 120 Å².